The molecule has 0 spiro atoms. The molecule has 6 rings (SSSR count). The van der Waals surface area contributed by atoms with Crippen LogP contribution in [0.25, 0.3) is 11.1 Å². The molecule has 0 radical (unpaired) electrons. The minimum Gasteiger partial charge on any atom is -0.214 e. The van der Waals surface area contributed by atoms with Gasteiger partial charge in [-0.3, -0.25) is 0 Å². The molecule has 0 fully saturated rings. The molecule has 0 heterocycles. The van der Waals surface area contributed by atoms with Crippen molar-refractivity contribution in [2.75, 3.05) is 0 Å². The molecule has 5 aromatic carbocycles. The summed E-state index contributed by atoms with van der Waals surface area (Å²) in [5, 5.41) is 0. The van der Waals surface area contributed by atoms with Crippen LogP contribution in [-0.2, 0) is 41.5 Å². The largest absolute Gasteiger partial charge is 0.214 e. The van der Waals surface area contributed by atoms with Crippen LogP contribution in [0.5, 0.6) is 0 Å². The van der Waals surface area contributed by atoms with Crippen molar-refractivity contribution in [2.24, 2.45) is 0 Å². The molecular weight excluding hydrogens is 884 g/mol. The summed E-state index contributed by atoms with van der Waals surface area (Å²) in [6.45, 7) is 13.6. The zero-order chi connectivity index (χ0) is 30.5. The molecule has 0 saturated heterocycles. The molecule has 0 N–H and O–H groups in total. The first-order valence-corrected chi connectivity index (χ1v) is 17.7. The van der Waals surface area contributed by atoms with Crippen molar-refractivity contribution in [1.29, 1.82) is 0 Å². The number of benzene rings is 4. The van der Waals surface area contributed by atoms with Crippen molar-refractivity contribution in [2.45, 2.75) is 58.8 Å². The van der Waals surface area contributed by atoms with Crippen LogP contribution in [0.4, 0.5) is 0 Å². The van der Waals surface area contributed by atoms with Gasteiger partial charge in [-0.25, -0.2) is 12.1 Å². The van der Waals surface area contributed by atoms with E-state index < -0.39 is 0 Å². The van der Waals surface area contributed by atoms with Gasteiger partial charge in [0.25, 0.3) is 0 Å². The first-order valence-electron chi connectivity index (χ1n) is 14.3. The molecule has 0 nitrogen and oxygen atoms in total. The average molecular weight is 923 g/mol. The molecular formula is C39H38Cl2I2Zr-2. The quantitative estimate of drug-likeness (QED) is 0.168. The van der Waals surface area contributed by atoms with Crippen molar-refractivity contribution in [1.82, 2.24) is 0 Å². The van der Waals surface area contributed by atoms with Gasteiger partial charge >= 0.3 is 139 Å². The molecule has 0 bridgehead atoms. The Morgan fingerprint density at radius 3 is 1.59 bits per heavy atom. The maximum absolute atomic E-state index is 3.53. The second kappa shape index (κ2) is 17.3. The van der Waals surface area contributed by atoms with E-state index in [0.717, 1.165) is 6.42 Å². The number of halogens is 4. The predicted molar refractivity (Wildman–Crippen MR) is 194 cm³/mol. The molecule has 228 valence electrons. The summed E-state index contributed by atoms with van der Waals surface area (Å²) in [6, 6.07) is 42.5. The van der Waals surface area contributed by atoms with Gasteiger partial charge in [-0.15, -0.1) is 5.56 Å². The Bertz CT molecular complexity index is 1500. The first-order chi connectivity index (χ1) is 19.8. The van der Waals surface area contributed by atoms with E-state index in [9.17, 15) is 0 Å². The van der Waals surface area contributed by atoms with Crippen LogP contribution in [0.3, 0.4) is 0 Å². The van der Waals surface area contributed by atoms with Gasteiger partial charge in [-0.1, -0.05) is 76.3 Å². The van der Waals surface area contributed by atoms with E-state index in [1.54, 1.807) is 0 Å². The molecule has 5 heteroatoms. The Balaban J connectivity index is 0.000000260. The third-order valence-corrected chi connectivity index (χ3v) is 10.2. The van der Waals surface area contributed by atoms with Crippen molar-refractivity contribution < 1.29 is 49.0 Å². The standard InChI is InChI=1S/C21H25.C13H8I2.C5H5.2ClH.Zr/c1-20(2,3)16-9-7-14-11-15-8-10-17(21(4,5)6)13-19(15)18(14)12-16;14-12-5-1-10(2-6-12)9-11-3-7-13(15)8-4-11;1-2-4-5-3-1;;;/h7,9-10,12-13H,11H2,1-6H3;1-8H;1-5H;2*1H;/q-1;;-1;;;+2/p-2. The van der Waals surface area contributed by atoms with Crippen molar-refractivity contribution in [3.63, 3.8) is 0 Å². The van der Waals surface area contributed by atoms with Gasteiger partial charge in [-0.2, -0.15) is 47.5 Å². The Hall–Kier alpha value is -0.977. The number of fused-ring (bicyclic) bond motifs is 3. The van der Waals surface area contributed by atoms with Gasteiger partial charge in [0.05, 0.1) is 0 Å². The molecule has 44 heavy (non-hydrogen) atoms. The predicted octanol–water partition coefficient (Wildman–Crippen LogP) is 5.08. The first kappa shape index (κ1) is 39.2. The van der Waals surface area contributed by atoms with Crippen LogP contribution >= 0.6 is 45.2 Å². The van der Waals surface area contributed by atoms with E-state index in [-0.39, 0.29) is 35.6 Å². The number of hydrogen-bond acceptors (Lipinski definition) is 0. The fourth-order valence-electron chi connectivity index (χ4n) is 4.71. The monoisotopic (exact) mass is 920 g/mol. The summed E-state index contributed by atoms with van der Waals surface area (Å²) in [6.07, 6.45) is 1.03. The Morgan fingerprint density at radius 1 is 0.682 bits per heavy atom. The van der Waals surface area contributed by atoms with E-state index in [2.05, 4.69) is 172 Å². The van der Waals surface area contributed by atoms with Gasteiger partial charge in [-0.05, 0) is 17.4 Å². The zero-order valence-electron chi connectivity index (χ0n) is 26.1. The maximum atomic E-state index is 3.53. The molecule has 0 aromatic heterocycles. The second-order valence-electron chi connectivity index (χ2n) is 12.7. The van der Waals surface area contributed by atoms with Gasteiger partial charge in [0.2, 0.25) is 0 Å². The van der Waals surface area contributed by atoms with E-state index in [1.807, 2.05) is 30.3 Å². The molecule has 5 aromatic rings. The van der Waals surface area contributed by atoms with E-state index in [4.69, 9.17) is 0 Å². The summed E-state index contributed by atoms with van der Waals surface area (Å²) in [7, 11) is 0. The average Bonchev–Trinajstić information content (AvgIpc) is 3.64. The summed E-state index contributed by atoms with van der Waals surface area (Å²) in [4.78, 5) is 0. The Morgan fingerprint density at radius 2 is 1.16 bits per heavy atom. The van der Waals surface area contributed by atoms with Crippen molar-refractivity contribution in [3.8, 4) is 11.1 Å². The fraction of sp³-hybridized carbons (Fsp3) is 0.231. The Labute approximate surface area is 319 Å². The van der Waals surface area contributed by atoms with Crippen LogP contribution in [-0.4, -0.2) is 3.21 Å². The summed E-state index contributed by atoms with van der Waals surface area (Å²) >= 11 is 6.13. The Kier molecular flexibility index (Phi) is 15.4. The number of rotatable bonds is 2. The van der Waals surface area contributed by atoms with Gasteiger partial charge < -0.3 is 24.8 Å². The SMILES string of the molecule is CC(C)(C)c1c[c-]c2c(c1)-c1cc(C(C)(C)C)ccc1C2.[Cl-].[Cl-].[Zr+2]=[C](c1ccc(I)cc1)c1ccc(I)cc1.c1cc[cH-]c1. The third kappa shape index (κ3) is 10.8. The smallest absolute Gasteiger partial charge is 0.172 e. The van der Waals surface area contributed by atoms with Gasteiger partial charge in [0, 0.05) is 0 Å². The number of hydrogen-bond donors (Lipinski definition) is 0. The molecule has 0 unspecified atom stereocenters. The van der Waals surface area contributed by atoms with E-state index in [1.165, 1.54) is 79.1 Å². The molecule has 0 atom stereocenters. The summed E-state index contributed by atoms with van der Waals surface area (Å²) in [5.41, 5.74) is 11.4. The van der Waals surface area contributed by atoms with Crippen LogP contribution < -0.4 is 24.8 Å². The topological polar surface area (TPSA) is 0 Å². The minimum absolute atomic E-state index is 0. The second-order valence-corrected chi connectivity index (χ2v) is 16.4. The molecule has 0 amide bonds. The van der Waals surface area contributed by atoms with E-state index >= 15 is 0 Å². The normalized spacial score (nSPS) is 11.3. The molecule has 1 aliphatic carbocycles. The van der Waals surface area contributed by atoms with Gasteiger partial charge in [0.1, 0.15) is 0 Å². The van der Waals surface area contributed by atoms with E-state index in [0.29, 0.717) is 0 Å². The van der Waals surface area contributed by atoms with Crippen LogP contribution in [0.1, 0.15) is 74.9 Å². The fourth-order valence-corrected chi connectivity index (χ4v) is 6.24. The van der Waals surface area contributed by atoms with Crippen molar-refractivity contribution >= 4 is 48.4 Å². The van der Waals surface area contributed by atoms with Crippen LogP contribution in [0, 0.1) is 13.2 Å². The van der Waals surface area contributed by atoms with Crippen LogP contribution in [0.15, 0.2) is 109 Å². The summed E-state index contributed by atoms with van der Waals surface area (Å²) in [5.74, 6) is 0. The molecule has 1 aliphatic rings. The molecule has 0 aliphatic heterocycles. The van der Waals surface area contributed by atoms with Gasteiger partial charge in [0.15, 0.2) is 0 Å². The maximum Gasteiger partial charge on any atom is -0.172 e. The minimum atomic E-state index is 0. The molecule has 0 saturated carbocycles. The summed E-state index contributed by atoms with van der Waals surface area (Å²) < 4.78 is 3.99. The van der Waals surface area contributed by atoms with Crippen LogP contribution in [0.2, 0.25) is 0 Å². The van der Waals surface area contributed by atoms with Crippen molar-refractivity contribution in [3.05, 3.63) is 156 Å². The zero-order valence-corrected chi connectivity index (χ0v) is 34.4. The third-order valence-electron chi connectivity index (χ3n) is 7.35.